The van der Waals surface area contributed by atoms with Crippen molar-refractivity contribution in [2.24, 2.45) is 0 Å². The molecule has 124 valence electrons. The topological polar surface area (TPSA) is 58.2 Å². The summed E-state index contributed by atoms with van der Waals surface area (Å²) >= 11 is 8.45. The van der Waals surface area contributed by atoms with Crippen LogP contribution in [0.5, 0.6) is 0 Å². The Morgan fingerprint density at radius 1 is 1.17 bits per heavy atom. The predicted molar refractivity (Wildman–Crippen MR) is 102 cm³/mol. The number of halogens is 1. The van der Waals surface area contributed by atoms with E-state index in [0.717, 1.165) is 15.3 Å². The first-order valence-corrected chi connectivity index (χ1v) is 10.7. The fourth-order valence-electron chi connectivity index (χ4n) is 1.74. The lowest BCUT2D eigenvalue weighted by Gasteiger charge is -2.06. The third kappa shape index (κ3) is 7.07. The van der Waals surface area contributed by atoms with Gasteiger partial charge in [-0.05, 0) is 39.5 Å². The van der Waals surface area contributed by atoms with Crippen LogP contribution in [0, 0.1) is 0 Å². The second kappa shape index (κ2) is 10.1. The molecule has 2 aromatic heterocycles. The summed E-state index contributed by atoms with van der Waals surface area (Å²) in [6.07, 6.45) is 0.304. The summed E-state index contributed by atoms with van der Waals surface area (Å²) in [6, 6.07) is 5.92. The molecule has 0 aliphatic rings. The van der Waals surface area contributed by atoms with E-state index < -0.39 is 0 Å². The van der Waals surface area contributed by atoms with Crippen molar-refractivity contribution in [3.63, 3.8) is 0 Å². The summed E-state index contributed by atoms with van der Waals surface area (Å²) in [4.78, 5) is 24.7. The highest BCUT2D eigenvalue weighted by Crippen LogP contribution is 2.25. The molecule has 0 aliphatic carbocycles. The van der Waals surface area contributed by atoms with Crippen LogP contribution in [0.4, 0.5) is 0 Å². The molecule has 0 bridgehead atoms. The van der Waals surface area contributed by atoms with E-state index in [9.17, 15) is 9.59 Å². The van der Waals surface area contributed by atoms with Crippen molar-refractivity contribution < 1.29 is 9.59 Å². The van der Waals surface area contributed by atoms with Gasteiger partial charge >= 0.3 is 0 Å². The molecule has 0 fully saturated rings. The van der Waals surface area contributed by atoms with Crippen LogP contribution in [-0.2, 0) is 10.5 Å². The fourth-order valence-corrected chi connectivity index (χ4v) is 4.83. The second-order valence-electron chi connectivity index (χ2n) is 4.63. The lowest BCUT2D eigenvalue weighted by Crippen LogP contribution is -2.31. The smallest absolute Gasteiger partial charge is 0.252 e. The molecule has 8 heteroatoms. The number of rotatable bonds is 9. The molecule has 2 heterocycles. The summed E-state index contributed by atoms with van der Waals surface area (Å²) in [5.41, 5.74) is 0.645. The van der Waals surface area contributed by atoms with Crippen LogP contribution in [-0.4, -0.2) is 30.7 Å². The van der Waals surface area contributed by atoms with Crippen molar-refractivity contribution >= 4 is 62.2 Å². The number of thiophene rings is 2. The zero-order valence-electron chi connectivity index (χ0n) is 12.3. The Morgan fingerprint density at radius 2 is 2.04 bits per heavy atom. The van der Waals surface area contributed by atoms with Gasteiger partial charge in [-0.2, -0.15) is 23.1 Å². The van der Waals surface area contributed by atoms with Crippen LogP contribution >= 0.6 is 50.4 Å². The zero-order chi connectivity index (χ0) is 16.5. The molecule has 0 saturated heterocycles. The SMILES string of the molecule is O=C(CCNC(=O)c1ccsc1)NCCSCc1ccc(Br)s1. The van der Waals surface area contributed by atoms with E-state index in [1.54, 1.807) is 34.5 Å². The minimum absolute atomic E-state index is 0.0323. The van der Waals surface area contributed by atoms with Gasteiger partial charge < -0.3 is 10.6 Å². The van der Waals surface area contributed by atoms with Crippen molar-refractivity contribution in [3.8, 4) is 0 Å². The van der Waals surface area contributed by atoms with Gasteiger partial charge in [0.05, 0.1) is 3.79 Å². The summed E-state index contributed by atoms with van der Waals surface area (Å²) in [7, 11) is 0. The Hall–Kier alpha value is -0.830. The number of amides is 2. The van der Waals surface area contributed by atoms with E-state index in [-0.39, 0.29) is 11.8 Å². The average Bonchev–Trinajstić information content (AvgIpc) is 3.18. The number of carbonyl (C=O) groups excluding carboxylic acids is 2. The maximum atomic E-state index is 11.7. The summed E-state index contributed by atoms with van der Waals surface area (Å²) < 4.78 is 1.14. The predicted octanol–water partition coefficient (Wildman–Crippen LogP) is 3.74. The molecule has 0 atom stereocenters. The molecule has 0 spiro atoms. The highest BCUT2D eigenvalue weighted by Gasteiger charge is 2.06. The molecule has 4 nitrogen and oxygen atoms in total. The van der Waals surface area contributed by atoms with Gasteiger partial charge in [-0.15, -0.1) is 11.3 Å². The van der Waals surface area contributed by atoms with Gasteiger partial charge in [0.25, 0.3) is 5.91 Å². The molecule has 0 aliphatic heterocycles. The van der Waals surface area contributed by atoms with Crippen molar-refractivity contribution in [3.05, 3.63) is 43.2 Å². The first kappa shape index (κ1) is 18.5. The van der Waals surface area contributed by atoms with Gasteiger partial charge in [0.2, 0.25) is 5.91 Å². The van der Waals surface area contributed by atoms with Crippen molar-refractivity contribution in [2.75, 3.05) is 18.8 Å². The number of nitrogens with one attached hydrogen (secondary N) is 2. The Balaban J connectivity index is 1.49. The van der Waals surface area contributed by atoms with Gasteiger partial charge in [0, 0.05) is 46.8 Å². The van der Waals surface area contributed by atoms with E-state index in [4.69, 9.17) is 0 Å². The minimum atomic E-state index is -0.128. The first-order valence-electron chi connectivity index (χ1n) is 7.04. The Labute approximate surface area is 156 Å². The van der Waals surface area contributed by atoms with Crippen LogP contribution in [0.3, 0.4) is 0 Å². The second-order valence-corrected chi connectivity index (χ2v) is 9.06. The van der Waals surface area contributed by atoms with E-state index in [2.05, 4.69) is 32.6 Å². The molecule has 0 unspecified atom stereocenters. The molecule has 2 N–H and O–H groups in total. The normalized spacial score (nSPS) is 10.5. The quantitative estimate of drug-likeness (QED) is 0.593. The Morgan fingerprint density at radius 3 is 2.74 bits per heavy atom. The number of thioether (sulfide) groups is 1. The number of hydrogen-bond acceptors (Lipinski definition) is 5. The van der Waals surface area contributed by atoms with E-state index in [1.807, 2.05) is 11.4 Å². The van der Waals surface area contributed by atoms with Gasteiger partial charge in [0.1, 0.15) is 0 Å². The molecule has 2 rings (SSSR count). The maximum absolute atomic E-state index is 11.7. The van der Waals surface area contributed by atoms with Crippen LogP contribution < -0.4 is 10.6 Å². The van der Waals surface area contributed by atoms with Gasteiger partial charge in [-0.1, -0.05) is 0 Å². The monoisotopic (exact) mass is 432 g/mol. The van der Waals surface area contributed by atoms with Gasteiger partial charge in [-0.25, -0.2) is 0 Å². The lowest BCUT2D eigenvalue weighted by molar-refractivity contribution is -0.120. The lowest BCUT2D eigenvalue weighted by atomic mass is 10.3. The van der Waals surface area contributed by atoms with E-state index in [1.165, 1.54) is 16.2 Å². The van der Waals surface area contributed by atoms with Crippen molar-refractivity contribution in [1.29, 1.82) is 0 Å². The molecular formula is C15H17BrN2O2S3. The molecule has 2 amide bonds. The summed E-state index contributed by atoms with van der Waals surface area (Å²) in [6.45, 7) is 1.01. The largest absolute Gasteiger partial charge is 0.355 e. The summed E-state index contributed by atoms with van der Waals surface area (Å²) in [5, 5.41) is 9.25. The number of hydrogen-bond donors (Lipinski definition) is 2. The molecule has 23 heavy (non-hydrogen) atoms. The molecule has 0 saturated carbocycles. The third-order valence-corrected chi connectivity index (χ3v) is 6.36. The fraction of sp³-hybridized carbons (Fsp3) is 0.333. The minimum Gasteiger partial charge on any atom is -0.355 e. The highest BCUT2D eigenvalue weighted by atomic mass is 79.9. The maximum Gasteiger partial charge on any atom is 0.252 e. The van der Waals surface area contributed by atoms with Gasteiger partial charge in [-0.3, -0.25) is 9.59 Å². The third-order valence-electron chi connectivity index (χ3n) is 2.86. The van der Waals surface area contributed by atoms with E-state index in [0.29, 0.717) is 25.1 Å². The molecule has 0 radical (unpaired) electrons. The van der Waals surface area contributed by atoms with Gasteiger partial charge in [0.15, 0.2) is 0 Å². The number of carbonyl (C=O) groups is 2. The van der Waals surface area contributed by atoms with Crippen LogP contribution in [0.15, 0.2) is 32.7 Å². The highest BCUT2D eigenvalue weighted by molar-refractivity contribution is 9.11. The first-order chi connectivity index (χ1) is 11.1. The molecular weight excluding hydrogens is 416 g/mol. The van der Waals surface area contributed by atoms with Crippen LogP contribution in [0.2, 0.25) is 0 Å². The molecule has 0 aromatic carbocycles. The van der Waals surface area contributed by atoms with Crippen LogP contribution in [0.1, 0.15) is 21.7 Å². The molecule has 2 aromatic rings. The van der Waals surface area contributed by atoms with Crippen molar-refractivity contribution in [2.45, 2.75) is 12.2 Å². The van der Waals surface area contributed by atoms with Crippen LogP contribution in [0.25, 0.3) is 0 Å². The standard InChI is InChI=1S/C15H17BrN2O2S3/c16-13-2-1-12(23-13)10-22-8-6-17-14(19)3-5-18-15(20)11-4-7-21-9-11/h1-2,4,7,9H,3,5-6,8,10H2,(H,17,19)(H,18,20). The average molecular weight is 433 g/mol. The zero-order valence-corrected chi connectivity index (χ0v) is 16.4. The van der Waals surface area contributed by atoms with Crippen molar-refractivity contribution in [1.82, 2.24) is 10.6 Å². The Kier molecular flexibility index (Phi) is 8.14. The Bertz CT molecular complexity index is 628. The van der Waals surface area contributed by atoms with E-state index >= 15 is 0 Å². The summed E-state index contributed by atoms with van der Waals surface area (Å²) in [5.74, 6) is 1.68.